The van der Waals surface area contributed by atoms with E-state index >= 15 is 0 Å². The van der Waals surface area contributed by atoms with E-state index in [0.29, 0.717) is 0 Å². The van der Waals surface area contributed by atoms with Crippen LogP contribution < -0.4 is 0 Å². The molecule has 0 aromatic heterocycles. The maximum absolute atomic E-state index is 10.9. The standard InChI is InChI=1S/C9H18O3/c1-6(10)8(11)12-7(2)9(3,4)5/h6-7,10H,1-5H3. The van der Waals surface area contributed by atoms with Crippen LogP contribution in [-0.4, -0.2) is 23.3 Å². The fourth-order valence-electron chi connectivity index (χ4n) is 0.449. The van der Waals surface area contributed by atoms with Gasteiger partial charge in [0, 0.05) is 0 Å². The van der Waals surface area contributed by atoms with Crippen LogP contribution in [0.4, 0.5) is 0 Å². The van der Waals surface area contributed by atoms with Crippen molar-refractivity contribution in [1.82, 2.24) is 0 Å². The Bertz CT molecular complexity index is 156. The predicted molar refractivity (Wildman–Crippen MR) is 46.7 cm³/mol. The maximum Gasteiger partial charge on any atom is 0.334 e. The molecule has 0 aliphatic rings. The van der Waals surface area contributed by atoms with Gasteiger partial charge in [0.1, 0.15) is 12.2 Å². The molecule has 0 heterocycles. The van der Waals surface area contributed by atoms with E-state index in [-0.39, 0.29) is 11.5 Å². The number of ether oxygens (including phenoxy) is 1. The first-order valence-corrected chi connectivity index (χ1v) is 4.13. The number of rotatable bonds is 2. The predicted octanol–water partition coefficient (Wildman–Crippen LogP) is 1.34. The van der Waals surface area contributed by atoms with Gasteiger partial charge in [0.15, 0.2) is 0 Å². The van der Waals surface area contributed by atoms with Gasteiger partial charge in [-0.15, -0.1) is 0 Å². The number of aliphatic hydroxyl groups is 1. The van der Waals surface area contributed by atoms with E-state index in [1.807, 2.05) is 27.7 Å². The lowest BCUT2D eigenvalue weighted by molar-refractivity contribution is -0.162. The van der Waals surface area contributed by atoms with Crippen LogP contribution in [-0.2, 0) is 9.53 Å². The highest BCUT2D eigenvalue weighted by atomic mass is 16.6. The molecule has 0 aromatic carbocycles. The molecule has 0 radical (unpaired) electrons. The van der Waals surface area contributed by atoms with Gasteiger partial charge in [-0.25, -0.2) is 4.79 Å². The highest BCUT2D eigenvalue weighted by molar-refractivity contribution is 5.73. The Morgan fingerprint density at radius 3 is 2.00 bits per heavy atom. The second-order valence-corrected chi connectivity index (χ2v) is 4.12. The van der Waals surface area contributed by atoms with Crippen molar-refractivity contribution in [2.24, 2.45) is 5.41 Å². The molecule has 12 heavy (non-hydrogen) atoms. The van der Waals surface area contributed by atoms with Crippen molar-refractivity contribution in [3.8, 4) is 0 Å². The summed E-state index contributed by atoms with van der Waals surface area (Å²) in [6.07, 6.45) is -1.21. The first-order chi connectivity index (χ1) is 5.25. The molecule has 0 amide bonds. The Kier molecular flexibility index (Phi) is 3.71. The number of carbonyl (C=O) groups excluding carboxylic acids is 1. The summed E-state index contributed by atoms with van der Waals surface area (Å²) >= 11 is 0. The highest BCUT2D eigenvalue weighted by Crippen LogP contribution is 2.21. The molecule has 0 spiro atoms. The van der Waals surface area contributed by atoms with E-state index in [1.165, 1.54) is 6.92 Å². The number of aliphatic hydroxyl groups excluding tert-OH is 1. The summed E-state index contributed by atoms with van der Waals surface area (Å²) in [4.78, 5) is 10.9. The average Bonchev–Trinajstić information content (AvgIpc) is 1.85. The summed E-state index contributed by atoms with van der Waals surface area (Å²) in [7, 11) is 0. The van der Waals surface area contributed by atoms with Gasteiger partial charge in [-0.3, -0.25) is 0 Å². The van der Waals surface area contributed by atoms with Gasteiger partial charge in [-0.1, -0.05) is 20.8 Å². The van der Waals surface area contributed by atoms with Crippen LogP contribution in [0.5, 0.6) is 0 Å². The molecule has 1 N–H and O–H groups in total. The molecule has 0 fully saturated rings. The summed E-state index contributed by atoms with van der Waals surface area (Å²) in [5, 5.41) is 8.86. The van der Waals surface area contributed by atoms with Crippen molar-refractivity contribution in [3.63, 3.8) is 0 Å². The van der Waals surface area contributed by atoms with Crippen LogP contribution in [0.3, 0.4) is 0 Å². The van der Waals surface area contributed by atoms with Crippen molar-refractivity contribution in [2.45, 2.75) is 46.8 Å². The Labute approximate surface area is 73.7 Å². The summed E-state index contributed by atoms with van der Waals surface area (Å²) in [5.41, 5.74) is -0.0788. The summed E-state index contributed by atoms with van der Waals surface area (Å²) in [6.45, 7) is 9.16. The van der Waals surface area contributed by atoms with Gasteiger partial charge in [0.25, 0.3) is 0 Å². The second kappa shape index (κ2) is 3.90. The molecule has 0 aliphatic carbocycles. The number of hydrogen-bond acceptors (Lipinski definition) is 3. The van der Waals surface area contributed by atoms with Crippen molar-refractivity contribution in [1.29, 1.82) is 0 Å². The average molecular weight is 174 g/mol. The first-order valence-electron chi connectivity index (χ1n) is 4.13. The van der Waals surface area contributed by atoms with Crippen molar-refractivity contribution >= 4 is 5.97 Å². The van der Waals surface area contributed by atoms with Gasteiger partial charge >= 0.3 is 5.97 Å². The molecule has 0 aromatic rings. The van der Waals surface area contributed by atoms with E-state index in [1.54, 1.807) is 0 Å². The lowest BCUT2D eigenvalue weighted by atomic mass is 9.90. The molecule has 2 unspecified atom stereocenters. The second-order valence-electron chi connectivity index (χ2n) is 4.12. The van der Waals surface area contributed by atoms with Crippen LogP contribution in [0.2, 0.25) is 0 Å². The minimum Gasteiger partial charge on any atom is -0.460 e. The number of esters is 1. The van der Waals surface area contributed by atoms with E-state index < -0.39 is 12.1 Å². The zero-order valence-corrected chi connectivity index (χ0v) is 8.42. The van der Waals surface area contributed by atoms with Crippen LogP contribution in [0.15, 0.2) is 0 Å². The van der Waals surface area contributed by atoms with Crippen LogP contribution in [0, 0.1) is 5.41 Å². The molecule has 0 rings (SSSR count). The Balaban J connectivity index is 4.02. The Morgan fingerprint density at radius 1 is 1.33 bits per heavy atom. The van der Waals surface area contributed by atoms with Crippen LogP contribution in [0.1, 0.15) is 34.6 Å². The third-order valence-electron chi connectivity index (χ3n) is 1.85. The van der Waals surface area contributed by atoms with Crippen LogP contribution >= 0.6 is 0 Å². The lowest BCUT2D eigenvalue weighted by Gasteiger charge is -2.27. The van der Waals surface area contributed by atoms with Crippen LogP contribution in [0.25, 0.3) is 0 Å². The fraction of sp³-hybridized carbons (Fsp3) is 0.889. The molecular formula is C9H18O3. The molecule has 0 aliphatic heterocycles. The van der Waals surface area contributed by atoms with E-state index in [9.17, 15) is 4.79 Å². The normalized spacial score (nSPS) is 16.8. The fourth-order valence-corrected chi connectivity index (χ4v) is 0.449. The van der Waals surface area contributed by atoms with Gasteiger partial charge < -0.3 is 9.84 Å². The Morgan fingerprint density at radius 2 is 1.75 bits per heavy atom. The number of carbonyl (C=O) groups is 1. The van der Waals surface area contributed by atoms with E-state index in [4.69, 9.17) is 9.84 Å². The minimum atomic E-state index is -1.03. The SMILES string of the molecule is CC(O)C(=O)OC(C)C(C)(C)C. The highest BCUT2D eigenvalue weighted by Gasteiger charge is 2.25. The third-order valence-corrected chi connectivity index (χ3v) is 1.85. The Hall–Kier alpha value is -0.570. The zero-order chi connectivity index (χ0) is 9.94. The molecule has 3 nitrogen and oxygen atoms in total. The zero-order valence-electron chi connectivity index (χ0n) is 8.42. The molecular weight excluding hydrogens is 156 g/mol. The van der Waals surface area contributed by atoms with Gasteiger partial charge in [-0.05, 0) is 19.3 Å². The molecule has 0 saturated carbocycles. The first kappa shape index (κ1) is 11.4. The summed E-state index contributed by atoms with van der Waals surface area (Å²) in [5.74, 6) is -0.558. The largest absolute Gasteiger partial charge is 0.460 e. The quantitative estimate of drug-likeness (QED) is 0.643. The minimum absolute atomic E-state index is 0.0788. The van der Waals surface area contributed by atoms with E-state index in [0.717, 1.165) is 0 Å². The summed E-state index contributed by atoms with van der Waals surface area (Å²) in [6, 6.07) is 0. The smallest absolute Gasteiger partial charge is 0.334 e. The van der Waals surface area contributed by atoms with E-state index in [2.05, 4.69) is 0 Å². The third kappa shape index (κ3) is 3.72. The molecule has 0 saturated heterocycles. The van der Waals surface area contributed by atoms with Gasteiger partial charge in [0.05, 0.1) is 0 Å². The summed E-state index contributed by atoms with van der Waals surface area (Å²) < 4.78 is 4.99. The molecule has 2 atom stereocenters. The van der Waals surface area contributed by atoms with Gasteiger partial charge in [0.2, 0.25) is 0 Å². The van der Waals surface area contributed by atoms with Gasteiger partial charge in [-0.2, -0.15) is 0 Å². The van der Waals surface area contributed by atoms with Crippen molar-refractivity contribution in [3.05, 3.63) is 0 Å². The topological polar surface area (TPSA) is 46.5 Å². The van der Waals surface area contributed by atoms with Crippen molar-refractivity contribution in [2.75, 3.05) is 0 Å². The lowest BCUT2D eigenvalue weighted by Crippen LogP contribution is -2.32. The van der Waals surface area contributed by atoms with Crippen molar-refractivity contribution < 1.29 is 14.6 Å². The molecule has 3 heteroatoms. The number of hydrogen-bond donors (Lipinski definition) is 1. The molecule has 72 valence electrons. The maximum atomic E-state index is 10.9. The monoisotopic (exact) mass is 174 g/mol. The molecule has 0 bridgehead atoms.